The molecule has 13 heteroatoms. The van der Waals surface area contributed by atoms with Gasteiger partial charge in [0.2, 0.25) is 5.91 Å². The highest BCUT2D eigenvalue weighted by Crippen LogP contribution is 2.47. The second-order valence-electron chi connectivity index (χ2n) is 8.03. The Morgan fingerprint density at radius 2 is 1.94 bits per heavy atom. The van der Waals surface area contributed by atoms with Gasteiger partial charge in [-0.25, -0.2) is 9.59 Å². The summed E-state index contributed by atoms with van der Waals surface area (Å²) in [6.45, 7) is 1.20. The van der Waals surface area contributed by atoms with Crippen molar-refractivity contribution in [1.82, 2.24) is 15.2 Å². The zero-order chi connectivity index (χ0) is 24.8. The maximum Gasteiger partial charge on any atom is 0.490 e. The average Bonchev–Trinajstić information content (AvgIpc) is 3.31. The quantitative estimate of drug-likeness (QED) is 0.429. The highest BCUT2D eigenvalue weighted by molar-refractivity contribution is 6.09. The number of allylic oxidation sites excluding steroid dienone is 1. The topological polar surface area (TPSA) is 140 Å². The third-order valence-electron chi connectivity index (χ3n) is 6.15. The molecule has 34 heavy (non-hydrogen) atoms. The van der Waals surface area contributed by atoms with Gasteiger partial charge >= 0.3 is 18.1 Å². The van der Waals surface area contributed by atoms with E-state index in [0.29, 0.717) is 30.7 Å². The summed E-state index contributed by atoms with van der Waals surface area (Å²) in [5.41, 5.74) is 1.96. The molecule has 10 nitrogen and oxygen atoms in total. The molecule has 1 aromatic heterocycles. The molecule has 3 atom stereocenters. The summed E-state index contributed by atoms with van der Waals surface area (Å²) in [5.74, 6) is -4.23. The number of carbonyl (C=O) groups is 4. The van der Waals surface area contributed by atoms with E-state index in [2.05, 4.69) is 10.3 Å². The normalized spacial score (nSPS) is 26.8. The molecule has 3 saturated heterocycles. The second-order valence-corrected chi connectivity index (χ2v) is 8.03. The largest absolute Gasteiger partial charge is 0.490 e. The molecular weight excluding hydrogens is 461 g/mol. The monoisotopic (exact) mass is 480 g/mol. The summed E-state index contributed by atoms with van der Waals surface area (Å²) in [4.78, 5) is 53.0. The predicted molar refractivity (Wildman–Crippen MR) is 108 cm³/mol. The summed E-state index contributed by atoms with van der Waals surface area (Å²) < 4.78 is 31.7. The van der Waals surface area contributed by atoms with Gasteiger partial charge in [0, 0.05) is 24.2 Å². The minimum absolute atomic E-state index is 0.0345. The van der Waals surface area contributed by atoms with Crippen LogP contribution in [0.25, 0.3) is 0 Å². The number of aromatic nitrogens is 1. The van der Waals surface area contributed by atoms with Crippen molar-refractivity contribution in [3.05, 3.63) is 47.4 Å². The lowest BCUT2D eigenvalue weighted by Crippen LogP contribution is -2.71. The number of pyridine rings is 1. The first-order valence-corrected chi connectivity index (χ1v) is 10.3. The van der Waals surface area contributed by atoms with Crippen LogP contribution in [0.4, 0.5) is 18.9 Å². The summed E-state index contributed by atoms with van der Waals surface area (Å²) >= 11 is 0. The number of nitrogens with one attached hydrogen (secondary N) is 1. The van der Waals surface area contributed by atoms with Crippen molar-refractivity contribution in [2.75, 3.05) is 18.0 Å². The highest BCUT2D eigenvalue weighted by Gasteiger charge is 2.60. The van der Waals surface area contributed by atoms with Crippen LogP contribution in [0.3, 0.4) is 0 Å². The van der Waals surface area contributed by atoms with Gasteiger partial charge in [-0.05, 0) is 43.2 Å². The van der Waals surface area contributed by atoms with E-state index in [1.54, 1.807) is 29.4 Å². The van der Waals surface area contributed by atoms with Crippen molar-refractivity contribution in [1.29, 1.82) is 0 Å². The Bertz CT molecular complexity index is 1120. The Labute approximate surface area is 190 Å². The van der Waals surface area contributed by atoms with E-state index < -0.39 is 18.1 Å². The molecule has 0 aliphatic carbocycles. The fraction of sp³-hybridized carbons (Fsp3) is 0.381. The van der Waals surface area contributed by atoms with E-state index in [1.807, 2.05) is 6.07 Å². The third-order valence-corrected chi connectivity index (χ3v) is 6.15. The molecule has 3 N–H and O–H groups in total. The minimum Gasteiger partial charge on any atom is -0.477 e. The molecule has 3 fully saturated rings. The molecule has 1 unspecified atom stereocenters. The van der Waals surface area contributed by atoms with Crippen LogP contribution in [-0.4, -0.2) is 75.2 Å². The Hall–Kier alpha value is -3.74. The number of β-lactam (4-membered cyclic amide) rings is 1. The van der Waals surface area contributed by atoms with Crippen LogP contribution < -0.4 is 10.2 Å². The van der Waals surface area contributed by atoms with Crippen LogP contribution >= 0.6 is 0 Å². The van der Waals surface area contributed by atoms with Crippen molar-refractivity contribution in [3.63, 3.8) is 0 Å². The van der Waals surface area contributed by atoms with Gasteiger partial charge in [0.1, 0.15) is 11.7 Å². The van der Waals surface area contributed by atoms with Gasteiger partial charge in [-0.1, -0.05) is 0 Å². The SMILES string of the molecule is O=C(O)C(F)(F)F.O=C(O)C1=C(/C=C2\CCN(c3cccnc3)C2=O)C2CCN[C@@H]3C(=O)N1[C@H]23. The Morgan fingerprint density at radius 3 is 2.53 bits per heavy atom. The van der Waals surface area contributed by atoms with Gasteiger partial charge in [-0.2, -0.15) is 13.2 Å². The molecule has 4 aliphatic heterocycles. The first-order valence-electron chi connectivity index (χ1n) is 10.3. The number of piperidine rings is 1. The number of aliphatic carboxylic acids is 2. The van der Waals surface area contributed by atoms with Crippen LogP contribution in [0.15, 0.2) is 47.4 Å². The Kier molecular flexibility index (Phi) is 5.89. The van der Waals surface area contributed by atoms with Crippen molar-refractivity contribution in [2.24, 2.45) is 5.92 Å². The number of carboxylic acids is 2. The average molecular weight is 480 g/mol. The van der Waals surface area contributed by atoms with E-state index >= 15 is 0 Å². The lowest BCUT2D eigenvalue weighted by Gasteiger charge is -2.48. The van der Waals surface area contributed by atoms with Crippen LogP contribution in [0.1, 0.15) is 12.8 Å². The number of carboxylic acid groups (broad SMARTS) is 2. The zero-order valence-electron chi connectivity index (χ0n) is 17.5. The number of rotatable bonds is 3. The predicted octanol–water partition coefficient (Wildman–Crippen LogP) is 0.919. The molecule has 0 spiro atoms. The minimum atomic E-state index is -5.08. The molecule has 1 aromatic rings. The number of halogens is 3. The van der Waals surface area contributed by atoms with Crippen LogP contribution in [0, 0.1) is 5.92 Å². The molecule has 5 heterocycles. The standard InChI is InChI=1S/C19H18N4O4.C2HF3O2/c24-17-10(4-7-22(17)11-2-1-5-20-9-11)8-13-12-3-6-21-14-15(12)23(18(14)25)16(13)19(26)27;3-2(4,5)1(6)7/h1-2,5,8-9,12,14-15,21H,3-4,6-7H2,(H,26,27);(H,6,7)/b10-8+;/t12?,14-,15+;/m0./s1. The molecule has 4 aliphatic rings. The Balaban J connectivity index is 0.000000344. The number of amides is 2. The molecule has 2 amide bonds. The van der Waals surface area contributed by atoms with Crippen molar-refractivity contribution >= 4 is 29.4 Å². The van der Waals surface area contributed by atoms with Crippen LogP contribution in [0.5, 0.6) is 0 Å². The van der Waals surface area contributed by atoms with E-state index in [4.69, 9.17) is 9.90 Å². The van der Waals surface area contributed by atoms with Crippen molar-refractivity contribution < 1.29 is 42.6 Å². The number of hydrogen-bond acceptors (Lipinski definition) is 6. The molecule has 0 saturated carbocycles. The smallest absolute Gasteiger partial charge is 0.477 e. The maximum absolute atomic E-state index is 12.9. The van der Waals surface area contributed by atoms with E-state index in [9.17, 15) is 32.7 Å². The van der Waals surface area contributed by atoms with Gasteiger partial charge in [-0.3, -0.25) is 19.5 Å². The number of alkyl halides is 3. The fourth-order valence-electron chi connectivity index (χ4n) is 4.71. The summed E-state index contributed by atoms with van der Waals surface area (Å²) in [6.07, 6.45) is 1.22. The number of hydrogen-bond donors (Lipinski definition) is 3. The molecule has 0 bridgehead atoms. The first kappa shape index (κ1) is 23.4. The van der Waals surface area contributed by atoms with Gasteiger partial charge < -0.3 is 20.4 Å². The van der Waals surface area contributed by atoms with Crippen molar-refractivity contribution in [3.8, 4) is 0 Å². The fourth-order valence-corrected chi connectivity index (χ4v) is 4.71. The molecular formula is C21H19F3N4O6. The number of anilines is 1. The van der Waals surface area contributed by atoms with Gasteiger partial charge in [0.15, 0.2) is 0 Å². The lowest BCUT2D eigenvalue weighted by atomic mass is 9.79. The third kappa shape index (κ3) is 3.91. The van der Waals surface area contributed by atoms with Crippen LogP contribution in [0.2, 0.25) is 0 Å². The van der Waals surface area contributed by atoms with Gasteiger partial charge in [0.25, 0.3) is 5.91 Å². The molecule has 0 aromatic carbocycles. The highest BCUT2D eigenvalue weighted by atomic mass is 19.4. The molecule has 5 rings (SSSR count). The molecule has 180 valence electrons. The number of carbonyl (C=O) groups excluding carboxylic acids is 2. The van der Waals surface area contributed by atoms with E-state index in [-0.39, 0.29) is 35.5 Å². The summed E-state index contributed by atoms with van der Waals surface area (Å²) in [6, 6.07) is 3.15. The first-order chi connectivity index (χ1) is 16.0. The second kappa shape index (κ2) is 8.56. The molecule has 0 radical (unpaired) electrons. The van der Waals surface area contributed by atoms with E-state index in [1.165, 1.54) is 4.90 Å². The van der Waals surface area contributed by atoms with Crippen LogP contribution in [-0.2, 0) is 19.2 Å². The zero-order valence-corrected chi connectivity index (χ0v) is 17.5. The summed E-state index contributed by atoms with van der Waals surface area (Å²) in [5, 5.41) is 20.0. The van der Waals surface area contributed by atoms with Crippen molar-refractivity contribution in [2.45, 2.75) is 31.1 Å². The maximum atomic E-state index is 12.9. The van der Waals surface area contributed by atoms with Gasteiger partial charge in [-0.15, -0.1) is 0 Å². The number of nitrogens with zero attached hydrogens (tertiary/aromatic N) is 3. The lowest BCUT2D eigenvalue weighted by molar-refractivity contribution is -0.192. The van der Waals surface area contributed by atoms with E-state index in [0.717, 1.165) is 12.1 Å². The Morgan fingerprint density at radius 1 is 1.24 bits per heavy atom. The summed E-state index contributed by atoms with van der Waals surface area (Å²) in [7, 11) is 0. The van der Waals surface area contributed by atoms with Gasteiger partial charge in [0.05, 0.1) is 17.9 Å².